The fraction of sp³-hybridized carbons (Fsp3) is 1.00. The van der Waals surface area contributed by atoms with Crippen molar-refractivity contribution < 1.29 is 26.7 Å². The van der Waals surface area contributed by atoms with E-state index < -0.39 is 24.1 Å². The Bertz CT molecular complexity index is 189. The van der Waals surface area contributed by atoms with Gasteiger partial charge in [0.25, 0.3) is 0 Å². The number of hydrogen-bond donors (Lipinski definition) is 0. The minimum Gasteiger partial charge on any atom is -0.369 e. The van der Waals surface area contributed by atoms with Gasteiger partial charge in [-0.1, -0.05) is 6.92 Å². The lowest BCUT2D eigenvalue weighted by atomic mass is 9.94. The van der Waals surface area contributed by atoms with E-state index in [-0.39, 0.29) is 6.61 Å². The zero-order valence-corrected chi connectivity index (χ0v) is 8.21. The second kappa shape index (κ2) is 4.00. The SMILES string of the molecule is CCOC(C)(CC)C(F)(F)C(F)(F)F. The van der Waals surface area contributed by atoms with Crippen LogP contribution in [0.5, 0.6) is 0 Å². The molecule has 0 fully saturated rings. The van der Waals surface area contributed by atoms with Crippen LogP contribution in [0.4, 0.5) is 22.0 Å². The minimum atomic E-state index is -5.58. The number of ether oxygens (including phenoxy) is 1. The molecule has 0 aromatic carbocycles. The molecule has 0 N–H and O–H groups in total. The van der Waals surface area contributed by atoms with Gasteiger partial charge in [0.2, 0.25) is 0 Å². The summed E-state index contributed by atoms with van der Waals surface area (Å²) in [5, 5.41) is 0. The third-order valence-corrected chi connectivity index (χ3v) is 2.16. The lowest BCUT2D eigenvalue weighted by Gasteiger charge is -2.37. The fourth-order valence-corrected chi connectivity index (χ4v) is 1.03. The summed E-state index contributed by atoms with van der Waals surface area (Å²) < 4.78 is 66.4. The van der Waals surface area contributed by atoms with Crippen molar-refractivity contribution >= 4 is 0 Å². The highest BCUT2D eigenvalue weighted by atomic mass is 19.4. The van der Waals surface area contributed by atoms with E-state index in [1.165, 1.54) is 13.8 Å². The first-order valence-electron chi connectivity index (χ1n) is 4.21. The van der Waals surface area contributed by atoms with Crippen molar-refractivity contribution in [1.29, 1.82) is 0 Å². The third-order valence-electron chi connectivity index (χ3n) is 2.16. The maximum Gasteiger partial charge on any atom is 0.456 e. The maximum absolute atomic E-state index is 12.9. The highest BCUT2D eigenvalue weighted by Gasteiger charge is 2.68. The summed E-state index contributed by atoms with van der Waals surface area (Å²) in [4.78, 5) is 0. The molecule has 0 heterocycles. The zero-order valence-electron chi connectivity index (χ0n) is 8.21. The Morgan fingerprint density at radius 1 is 1.00 bits per heavy atom. The van der Waals surface area contributed by atoms with E-state index in [9.17, 15) is 22.0 Å². The number of halogens is 5. The summed E-state index contributed by atoms with van der Waals surface area (Å²) >= 11 is 0. The molecule has 86 valence electrons. The Labute approximate surface area is 79.2 Å². The van der Waals surface area contributed by atoms with Crippen LogP contribution in [-0.4, -0.2) is 24.3 Å². The second-order valence-electron chi connectivity index (χ2n) is 3.09. The van der Waals surface area contributed by atoms with Gasteiger partial charge in [-0.3, -0.25) is 0 Å². The van der Waals surface area contributed by atoms with E-state index in [1.807, 2.05) is 0 Å². The molecule has 0 aromatic heterocycles. The molecule has 0 bridgehead atoms. The van der Waals surface area contributed by atoms with Crippen molar-refractivity contribution in [3.05, 3.63) is 0 Å². The average molecular weight is 220 g/mol. The molecule has 0 spiro atoms. The van der Waals surface area contributed by atoms with Crippen LogP contribution in [-0.2, 0) is 4.74 Å². The van der Waals surface area contributed by atoms with Gasteiger partial charge in [0.15, 0.2) is 0 Å². The lowest BCUT2D eigenvalue weighted by molar-refractivity contribution is -0.346. The zero-order chi connectivity index (χ0) is 11.6. The van der Waals surface area contributed by atoms with Crippen molar-refractivity contribution in [1.82, 2.24) is 0 Å². The summed E-state index contributed by atoms with van der Waals surface area (Å²) in [7, 11) is 0. The van der Waals surface area contributed by atoms with Gasteiger partial charge in [0.05, 0.1) is 0 Å². The number of rotatable bonds is 4. The van der Waals surface area contributed by atoms with Crippen LogP contribution in [0.3, 0.4) is 0 Å². The van der Waals surface area contributed by atoms with Crippen molar-refractivity contribution in [3.63, 3.8) is 0 Å². The topological polar surface area (TPSA) is 9.23 Å². The smallest absolute Gasteiger partial charge is 0.369 e. The van der Waals surface area contributed by atoms with E-state index in [0.29, 0.717) is 0 Å². The summed E-state index contributed by atoms with van der Waals surface area (Å²) in [5.74, 6) is -4.83. The summed E-state index contributed by atoms with van der Waals surface area (Å²) in [6.07, 6.45) is -5.99. The molecule has 0 aromatic rings. The molecule has 1 unspecified atom stereocenters. The predicted molar refractivity (Wildman–Crippen MR) is 41.3 cm³/mol. The molecule has 0 radical (unpaired) electrons. The highest BCUT2D eigenvalue weighted by molar-refractivity contribution is 4.95. The fourth-order valence-electron chi connectivity index (χ4n) is 1.03. The molecule has 1 atom stereocenters. The Hall–Kier alpha value is -0.390. The van der Waals surface area contributed by atoms with Gasteiger partial charge < -0.3 is 4.74 Å². The largest absolute Gasteiger partial charge is 0.456 e. The van der Waals surface area contributed by atoms with Crippen LogP contribution in [0.15, 0.2) is 0 Å². The molecule has 0 saturated heterocycles. The molecular formula is C8H13F5O. The summed E-state index contributed by atoms with van der Waals surface area (Å²) in [6, 6.07) is 0. The quantitative estimate of drug-likeness (QED) is 0.660. The average Bonchev–Trinajstić information content (AvgIpc) is 2.02. The monoisotopic (exact) mass is 220 g/mol. The molecule has 1 nitrogen and oxygen atoms in total. The van der Waals surface area contributed by atoms with Crippen LogP contribution < -0.4 is 0 Å². The molecule has 6 heteroatoms. The highest BCUT2D eigenvalue weighted by Crippen LogP contribution is 2.46. The van der Waals surface area contributed by atoms with Crippen molar-refractivity contribution in [2.24, 2.45) is 0 Å². The minimum absolute atomic E-state index is 0.185. The molecule has 0 rings (SSSR count). The van der Waals surface area contributed by atoms with Gasteiger partial charge in [0, 0.05) is 6.61 Å². The van der Waals surface area contributed by atoms with Gasteiger partial charge in [-0.2, -0.15) is 22.0 Å². The predicted octanol–water partition coefficient (Wildman–Crippen LogP) is 3.39. The maximum atomic E-state index is 12.9. The van der Waals surface area contributed by atoms with E-state index in [4.69, 9.17) is 0 Å². The van der Waals surface area contributed by atoms with Gasteiger partial charge in [-0.05, 0) is 20.3 Å². The van der Waals surface area contributed by atoms with Gasteiger partial charge in [-0.15, -0.1) is 0 Å². The van der Waals surface area contributed by atoms with Crippen LogP contribution in [0.2, 0.25) is 0 Å². The first-order valence-corrected chi connectivity index (χ1v) is 4.21. The van der Waals surface area contributed by atoms with Crippen LogP contribution in [0, 0.1) is 0 Å². The molecule has 0 saturated carbocycles. The van der Waals surface area contributed by atoms with Crippen molar-refractivity contribution in [3.8, 4) is 0 Å². The first-order chi connectivity index (χ1) is 6.12. The third kappa shape index (κ3) is 2.16. The molecule has 14 heavy (non-hydrogen) atoms. The van der Waals surface area contributed by atoms with Crippen molar-refractivity contribution in [2.75, 3.05) is 6.61 Å². The van der Waals surface area contributed by atoms with Crippen LogP contribution >= 0.6 is 0 Å². The van der Waals surface area contributed by atoms with Gasteiger partial charge in [-0.25, -0.2) is 0 Å². The summed E-state index contributed by atoms with van der Waals surface area (Å²) in [6.45, 7) is 3.19. The Balaban J connectivity index is 5.00. The summed E-state index contributed by atoms with van der Waals surface area (Å²) in [5.41, 5.74) is -2.49. The van der Waals surface area contributed by atoms with Gasteiger partial charge in [0.1, 0.15) is 5.60 Å². The Morgan fingerprint density at radius 2 is 1.43 bits per heavy atom. The second-order valence-corrected chi connectivity index (χ2v) is 3.09. The van der Waals surface area contributed by atoms with Crippen LogP contribution in [0.1, 0.15) is 27.2 Å². The normalized spacial score (nSPS) is 18.0. The van der Waals surface area contributed by atoms with E-state index in [1.54, 1.807) is 0 Å². The Kier molecular flexibility index (Phi) is 3.89. The standard InChI is InChI=1S/C8H13F5O/c1-4-6(3,14-5-2)7(9,10)8(11,12)13/h4-5H2,1-3H3. The molecule has 0 amide bonds. The van der Waals surface area contributed by atoms with Crippen molar-refractivity contribution in [2.45, 2.75) is 44.9 Å². The van der Waals surface area contributed by atoms with E-state index in [0.717, 1.165) is 6.92 Å². The Morgan fingerprint density at radius 3 is 1.64 bits per heavy atom. The first kappa shape index (κ1) is 13.6. The lowest BCUT2D eigenvalue weighted by Crippen LogP contribution is -2.56. The van der Waals surface area contributed by atoms with Crippen LogP contribution in [0.25, 0.3) is 0 Å². The molecule has 0 aliphatic heterocycles. The van der Waals surface area contributed by atoms with E-state index in [2.05, 4.69) is 4.74 Å². The van der Waals surface area contributed by atoms with Gasteiger partial charge >= 0.3 is 12.1 Å². The molecule has 0 aliphatic carbocycles. The number of alkyl halides is 5. The number of hydrogen-bond acceptors (Lipinski definition) is 1. The molecule has 0 aliphatic rings. The molecular weight excluding hydrogens is 207 g/mol. The van der Waals surface area contributed by atoms with E-state index >= 15 is 0 Å².